The minimum atomic E-state index is -0.465. The molecule has 1 unspecified atom stereocenters. The maximum Gasteiger partial charge on any atom is 0.253 e. The van der Waals surface area contributed by atoms with Crippen LogP contribution in [0.3, 0.4) is 0 Å². The van der Waals surface area contributed by atoms with Crippen molar-refractivity contribution in [3.8, 4) is 0 Å². The zero-order valence-electron chi connectivity index (χ0n) is 10.3. The molecule has 1 saturated heterocycles. The molecule has 2 rings (SSSR count). The number of amides is 1. The summed E-state index contributed by atoms with van der Waals surface area (Å²) in [6.07, 6.45) is 2.62. The van der Waals surface area contributed by atoms with Crippen LogP contribution in [0, 0.1) is 0 Å². The van der Waals surface area contributed by atoms with Crippen LogP contribution >= 0.6 is 11.6 Å². The first-order valence-corrected chi connectivity index (χ1v) is 6.01. The molecule has 1 amide bonds. The minimum Gasteiger partial charge on any atom is -0.365 e. The number of carbonyl (C=O) groups excluding carboxylic acids is 1. The summed E-state index contributed by atoms with van der Waals surface area (Å²) in [6.45, 7) is 1.60. The fourth-order valence-electron chi connectivity index (χ4n) is 1.74. The molecule has 0 saturated carbocycles. The number of rotatable bonds is 2. The van der Waals surface area contributed by atoms with E-state index < -0.39 is 6.10 Å². The van der Waals surface area contributed by atoms with E-state index in [1.54, 1.807) is 26.5 Å². The van der Waals surface area contributed by atoms with Gasteiger partial charge in [-0.15, -0.1) is 0 Å². The number of likely N-dealkylation sites (N-methyl/N-ethyl adjacent to an activating group) is 1. The van der Waals surface area contributed by atoms with Gasteiger partial charge in [0.05, 0.1) is 30.6 Å². The van der Waals surface area contributed by atoms with E-state index in [-0.39, 0.29) is 5.91 Å². The molecule has 0 bridgehead atoms. The lowest BCUT2D eigenvalue weighted by molar-refractivity contribution is -0.141. The third kappa shape index (κ3) is 2.88. The number of anilines is 1. The highest BCUT2D eigenvalue weighted by Crippen LogP contribution is 2.15. The molecule has 1 fully saturated rings. The molecule has 1 aliphatic rings. The van der Waals surface area contributed by atoms with Crippen molar-refractivity contribution in [3.63, 3.8) is 0 Å². The molecule has 0 N–H and O–H groups in total. The van der Waals surface area contributed by atoms with Crippen LogP contribution in [0.5, 0.6) is 0 Å². The Morgan fingerprint density at radius 1 is 1.50 bits per heavy atom. The van der Waals surface area contributed by atoms with Crippen molar-refractivity contribution < 1.29 is 9.53 Å². The van der Waals surface area contributed by atoms with E-state index in [1.165, 1.54) is 4.90 Å². The Hall–Kier alpha value is -1.40. The largest absolute Gasteiger partial charge is 0.365 e. The van der Waals surface area contributed by atoms with Gasteiger partial charge in [-0.1, -0.05) is 11.6 Å². The summed E-state index contributed by atoms with van der Waals surface area (Å²) in [5.74, 6) is 0.521. The SMILES string of the molecule is CN(C)C(=O)C1CN(c2ncc(Cl)cn2)CCO1. The Bertz CT molecular complexity index is 424. The number of carbonyl (C=O) groups is 1. The standard InChI is InChI=1S/C11H15ClN4O2/c1-15(2)10(17)9-7-16(3-4-18-9)11-13-5-8(12)6-14-11/h5-6,9H,3-4,7H2,1-2H3. The highest BCUT2D eigenvalue weighted by molar-refractivity contribution is 6.30. The molecule has 0 aliphatic carbocycles. The molecule has 1 aromatic rings. The number of nitrogens with zero attached hydrogens (tertiary/aromatic N) is 4. The van der Waals surface area contributed by atoms with Gasteiger partial charge < -0.3 is 14.5 Å². The van der Waals surface area contributed by atoms with E-state index in [0.717, 1.165) is 0 Å². The summed E-state index contributed by atoms with van der Waals surface area (Å²) >= 11 is 5.74. The van der Waals surface area contributed by atoms with Crippen molar-refractivity contribution in [2.75, 3.05) is 38.7 Å². The molecule has 1 aromatic heterocycles. The summed E-state index contributed by atoms with van der Waals surface area (Å²) in [6, 6.07) is 0. The fourth-order valence-corrected chi connectivity index (χ4v) is 1.83. The van der Waals surface area contributed by atoms with Crippen molar-refractivity contribution in [1.82, 2.24) is 14.9 Å². The van der Waals surface area contributed by atoms with Gasteiger partial charge >= 0.3 is 0 Å². The third-order valence-electron chi connectivity index (χ3n) is 2.67. The lowest BCUT2D eigenvalue weighted by Crippen LogP contribution is -2.50. The lowest BCUT2D eigenvalue weighted by Gasteiger charge is -2.33. The van der Waals surface area contributed by atoms with Gasteiger partial charge in [0.15, 0.2) is 6.10 Å². The highest BCUT2D eigenvalue weighted by Gasteiger charge is 2.28. The second-order valence-corrected chi connectivity index (χ2v) is 4.68. The molecule has 2 heterocycles. The van der Waals surface area contributed by atoms with Crippen LogP contribution in [0.15, 0.2) is 12.4 Å². The second-order valence-electron chi connectivity index (χ2n) is 4.24. The maximum absolute atomic E-state index is 11.8. The molecule has 1 atom stereocenters. The molecule has 7 heteroatoms. The Labute approximate surface area is 111 Å². The summed E-state index contributed by atoms with van der Waals surface area (Å²) in [7, 11) is 3.42. The minimum absolute atomic E-state index is 0.0475. The van der Waals surface area contributed by atoms with Crippen LogP contribution in [0.25, 0.3) is 0 Å². The molecule has 1 aliphatic heterocycles. The molecule has 0 radical (unpaired) electrons. The van der Waals surface area contributed by atoms with Gasteiger partial charge in [0.2, 0.25) is 5.95 Å². The Morgan fingerprint density at radius 2 is 2.17 bits per heavy atom. The van der Waals surface area contributed by atoms with Crippen LogP contribution in [0.1, 0.15) is 0 Å². The fraction of sp³-hybridized carbons (Fsp3) is 0.545. The predicted molar refractivity (Wildman–Crippen MR) is 67.7 cm³/mol. The lowest BCUT2D eigenvalue weighted by atomic mass is 10.2. The van der Waals surface area contributed by atoms with Gasteiger partial charge in [-0.2, -0.15) is 0 Å². The second kappa shape index (κ2) is 5.49. The maximum atomic E-state index is 11.8. The number of halogens is 1. The van der Waals surface area contributed by atoms with Gasteiger partial charge in [0.1, 0.15) is 0 Å². The van der Waals surface area contributed by atoms with Crippen LogP contribution in [0.4, 0.5) is 5.95 Å². The average Bonchev–Trinajstić information content (AvgIpc) is 2.38. The highest BCUT2D eigenvalue weighted by atomic mass is 35.5. The Morgan fingerprint density at radius 3 is 2.78 bits per heavy atom. The van der Waals surface area contributed by atoms with E-state index >= 15 is 0 Å². The number of aromatic nitrogens is 2. The van der Waals surface area contributed by atoms with Crippen LogP contribution < -0.4 is 4.90 Å². The Balaban J connectivity index is 2.07. The normalized spacial score (nSPS) is 19.7. The van der Waals surface area contributed by atoms with Crippen molar-refractivity contribution >= 4 is 23.5 Å². The zero-order chi connectivity index (χ0) is 13.1. The Kier molecular flexibility index (Phi) is 3.98. The molecule has 0 spiro atoms. The van der Waals surface area contributed by atoms with E-state index in [1.807, 2.05) is 4.90 Å². The van der Waals surface area contributed by atoms with Crippen molar-refractivity contribution in [3.05, 3.63) is 17.4 Å². The van der Waals surface area contributed by atoms with Gasteiger partial charge in [-0.05, 0) is 0 Å². The van der Waals surface area contributed by atoms with Crippen LogP contribution in [0.2, 0.25) is 5.02 Å². The van der Waals surface area contributed by atoms with E-state index in [4.69, 9.17) is 16.3 Å². The molecular formula is C11H15ClN4O2. The number of hydrogen-bond donors (Lipinski definition) is 0. The van der Waals surface area contributed by atoms with Gasteiger partial charge in [0, 0.05) is 20.6 Å². The van der Waals surface area contributed by atoms with Crippen molar-refractivity contribution in [1.29, 1.82) is 0 Å². The van der Waals surface area contributed by atoms with Gasteiger partial charge in [-0.25, -0.2) is 9.97 Å². The quantitative estimate of drug-likeness (QED) is 0.780. The average molecular weight is 271 g/mol. The molecular weight excluding hydrogens is 256 g/mol. The van der Waals surface area contributed by atoms with E-state index in [2.05, 4.69) is 9.97 Å². The summed E-state index contributed by atoms with van der Waals surface area (Å²) in [5, 5.41) is 0.493. The summed E-state index contributed by atoms with van der Waals surface area (Å²) in [4.78, 5) is 23.6. The molecule has 18 heavy (non-hydrogen) atoms. The molecule has 0 aromatic carbocycles. The first-order valence-electron chi connectivity index (χ1n) is 5.63. The van der Waals surface area contributed by atoms with Crippen molar-refractivity contribution in [2.45, 2.75) is 6.10 Å². The molecule has 98 valence electrons. The first kappa shape index (κ1) is 13.0. The smallest absolute Gasteiger partial charge is 0.253 e. The predicted octanol–water partition coefficient (Wildman–Crippen LogP) is 0.423. The number of ether oxygens (including phenoxy) is 1. The number of hydrogen-bond acceptors (Lipinski definition) is 5. The molecule has 6 nitrogen and oxygen atoms in total. The monoisotopic (exact) mass is 270 g/mol. The summed E-state index contributed by atoms with van der Waals surface area (Å²) in [5.41, 5.74) is 0. The third-order valence-corrected chi connectivity index (χ3v) is 2.87. The van der Waals surface area contributed by atoms with Crippen LogP contribution in [-0.4, -0.2) is 60.7 Å². The number of morpholine rings is 1. The van der Waals surface area contributed by atoms with E-state index in [0.29, 0.717) is 30.7 Å². The van der Waals surface area contributed by atoms with Crippen LogP contribution in [-0.2, 0) is 9.53 Å². The topological polar surface area (TPSA) is 58.6 Å². The van der Waals surface area contributed by atoms with Gasteiger partial charge in [-0.3, -0.25) is 4.79 Å². The van der Waals surface area contributed by atoms with Gasteiger partial charge in [0.25, 0.3) is 5.91 Å². The zero-order valence-corrected chi connectivity index (χ0v) is 11.1. The van der Waals surface area contributed by atoms with Crippen molar-refractivity contribution in [2.24, 2.45) is 0 Å². The summed E-state index contributed by atoms with van der Waals surface area (Å²) < 4.78 is 5.46. The first-order chi connectivity index (χ1) is 8.58. The van der Waals surface area contributed by atoms with E-state index in [9.17, 15) is 4.79 Å².